The number of rotatable bonds is 3. The van der Waals surface area contributed by atoms with Gasteiger partial charge < -0.3 is 5.11 Å². The first-order valence-corrected chi connectivity index (χ1v) is 6.19. The van der Waals surface area contributed by atoms with Crippen molar-refractivity contribution in [1.29, 1.82) is 5.26 Å². The summed E-state index contributed by atoms with van der Waals surface area (Å²) in [5.74, 6) is 0. The monoisotopic (exact) mass is 240 g/mol. The second-order valence-corrected chi connectivity index (χ2v) is 6.25. The van der Waals surface area contributed by atoms with Crippen LogP contribution in [0, 0.1) is 11.3 Å². The van der Waals surface area contributed by atoms with Crippen LogP contribution in [0.3, 0.4) is 0 Å². The van der Waals surface area contributed by atoms with Crippen molar-refractivity contribution in [2.45, 2.75) is 70.6 Å². The largest absolute Gasteiger partial charge is 0.389 e. The summed E-state index contributed by atoms with van der Waals surface area (Å²) in [6.45, 7) is 10.8. The molecule has 0 aromatic rings. The van der Waals surface area contributed by atoms with Crippen molar-refractivity contribution in [2.24, 2.45) is 0 Å². The van der Waals surface area contributed by atoms with Gasteiger partial charge >= 0.3 is 0 Å². The zero-order valence-electron chi connectivity index (χ0n) is 11.6. The summed E-state index contributed by atoms with van der Waals surface area (Å²) in [5, 5.41) is 21.3. The Balaban J connectivity index is 3.00. The first kappa shape index (κ1) is 14.4. The third-order valence-corrected chi connectivity index (χ3v) is 3.29. The molecule has 1 fully saturated rings. The molecule has 4 nitrogen and oxygen atoms in total. The first-order chi connectivity index (χ1) is 7.67. The fourth-order valence-corrected chi connectivity index (χ4v) is 3.39. The lowest BCUT2D eigenvalue weighted by Crippen LogP contribution is -2.65. The Hall–Kier alpha value is -0.630. The normalized spacial score (nSPS) is 26.4. The number of hydrogen-bond donors (Lipinski definition) is 1. The maximum atomic E-state index is 10.5. The van der Waals surface area contributed by atoms with E-state index < -0.39 is 5.60 Å². The summed E-state index contributed by atoms with van der Waals surface area (Å²) < 4.78 is 0. The van der Waals surface area contributed by atoms with Crippen LogP contribution in [0.4, 0.5) is 0 Å². The van der Waals surface area contributed by atoms with Gasteiger partial charge in [-0.25, -0.2) is 0 Å². The lowest BCUT2D eigenvalue weighted by molar-refractivity contribution is -0.302. The highest BCUT2D eigenvalue weighted by Gasteiger charge is 2.52. The third kappa shape index (κ3) is 2.98. The smallest absolute Gasteiger partial charge is 0.0813 e. The molecule has 0 spiro atoms. The Morgan fingerprint density at radius 1 is 1.24 bits per heavy atom. The van der Waals surface area contributed by atoms with Crippen molar-refractivity contribution in [1.82, 2.24) is 5.06 Å². The topological polar surface area (TPSA) is 56.5 Å². The first-order valence-electron chi connectivity index (χ1n) is 6.19. The molecular weight excluding hydrogens is 216 g/mol. The van der Waals surface area contributed by atoms with Gasteiger partial charge in [-0.1, -0.05) is 0 Å². The predicted molar refractivity (Wildman–Crippen MR) is 66.0 cm³/mol. The molecule has 1 rings (SSSR count). The van der Waals surface area contributed by atoms with Crippen LogP contribution >= 0.6 is 0 Å². The highest BCUT2D eigenvalue weighted by molar-refractivity contribution is 5.06. The summed E-state index contributed by atoms with van der Waals surface area (Å²) in [6.07, 6.45) is 1.29. The van der Waals surface area contributed by atoms with Crippen LogP contribution in [0.25, 0.3) is 0 Å². The van der Waals surface area contributed by atoms with E-state index in [2.05, 4.69) is 6.07 Å². The molecule has 0 bridgehead atoms. The zero-order valence-corrected chi connectivity index (χ0v) is 11.6. The molecule has 0 radical (unpaired) electrons. The number of hydrogen-bond acceptors (Lipinski definition) is 4. The minimum Gasteiger partial charge on any atom is -0.389 e. The van der Waals surface area contributed by atoms with Gasteiger partial charge in [0.1, 0.15) is 0 Å². The summed E-state index contributed by atoms with van der Waals surface area (Å²) >= 11 is 0. The van der Waals surface area contributed by atoms with Crippen LogP contribution < -0.4 is 0 Å². The average molecular weight is 240 g/mol. The number of piperidine rings is 1. The maximum absolute atomic E-state index is 10.5. The Morgan fingerprint density at radius 3 is 2.06 bits per heavy atom. The molecule has 17 heavy (non-hydrogen) atoms. The molecule has 1 saturated heterocycles. The Morgan fingerprint density at radius 2 is 1.71 bits per heavy atom. The molecule has 1 aliphatic heterocycles. The van der Waals surface area contributed by atoms with Crippen LogP contribution in [0.1, 0.15) is 53.9 Å². The van der Waals surface area contributed by atoms with Crippen molar-refractivity contribution in [2.75, 3.05) is 6.61 Å². The van der Waals surface area contributed by atoms with Gasteiger partial charge in [0.05, 0.1) is 24.7 Å². The second-order valence-electron chi connectivity index (χ2n) is 6.25. The SMILES string of the molecule is CCON1C(C)(C)CC(O)(CC#N)CC1(C)C. The van der Waals surface area contributed by atoms with E-state index in [1.807, 2.05) is 39.7 Å². The van der Waals surface area contributed by atoms with Crippen molar-refractivity contribution in [3.8, 4) is 6.07 Å². The summed E-state index contributed by atoms with van der Waals surface area (Å²) in [7, 11) is 0. The molecule has 0 aliphatic carbocycles. The molecule has 0 amide bonds. The van der Waals surface area contributed by atoms with E-state index in [4.69, 9.17) is 10.1 Å². The Labute approximate surface area is 104 Å². The quantitative estimate of drug-likeness (QED) is 0.822. The van der Waals surface area contributed by atoms with Crippen LogP contribution in [0.2, 0.25) is 0 Å². The van der Waals surface area contributed by atoms with E-state index in [1.54, 1.807) is 0 Å². The van der Waals surface area contributed by atoms with Crippen LogP contribution in [0.5, 0.6) is 0 Å². The molecule has 0 aromatic heterocycles. The van der Waals surface area contributed by atoms with E-state index in [0.29, 0.717) is 19.4 Å². The fraction of sp³-hybridized carbons (Fsp3) is 0.923. The minimum atomic E-state index is -0.907. The molecule has 98 valence electrons. The molecule has 1 aliphatic rings. The van der Waals surface area contributed by atoms with Gasteiger partial charge in [0, 0.05) is 11.1 Å². The number of hydroxylamine groups is 2. The van der Waals surface area contributed by atoms with Gasteiger partial charge in [-0.3, -0.25) is 4.84 Å². The van der Waals surface area contributed by atoms with Crippen LogP contribution in [-0.4, -0.2) is 33.5 Å². The van der Waals surface area contributed by atoms with Crippen LogP contribution in [-0.2, 0) is 4.84 Å². The van der Waals surface area contributed by atoms with Crippen molar-refractivity contribution in [3.63, 3.8) is 0 Å². The minimum absolute atomic E-state index is 0.180. The summed E-state index contributed by atoms with van der Waals surface area (Å²) in [6, 6.07) is 2.09. The molecule has 1 heterocycles. The maximum Gasteiger partial charge on any atom is 0.0813 e. The van der Waals surface area contributed by atoms with Gasteiger partial charge in [-0.05, 0) is 47.5 Å². The van der Waals surface area contributed by atoms with Gasteiger partial charge in [0.25, 0.3) is 0 Å². The summed E-state index contributed by atoms with van der Waals surface area (Å²) in [4.78, 5) is 5.72. The van der Waals surface area contributed by atoms with Gasteiger partial charge in [0.2, 0.25) is 0 Å². The number of nitrogens with zero attached hydrogens (tertiary/aromatic N) is 2. The lowest BCUT2D eigenvalue weighted by Gasteiger charge is -2.56. The molecule has 4 heteroatoms. The van der Waals surface area contributed by atoms with E-state index in [9.17, 15) is 5.11 Å². The summed E-state index contributed by atoms with van der Waals surface area (Å²) in [5.41, 5.74) is -1.46. The zero-order chi connectivity index (χ0) is 13.3. The molecule has 1 N–H and O–H groups in total. The van der Waals surface area contributed by atoms with Gasteiger partial charge in [-0.15, -0.1) is 0 Å². The molecule has 0 saturated carbocycles. The van der Waals surface area contributed by atoms with E-state index >= 15 is 0 Å². The lowest BCUT2D eigenvalue weighted by atomic mass is 9.71. The van der Waals surface area contributed by atoms with E-state index in [1.165, 1.54) is 0 Å². The number of aliphatic hydroxyl groups is 1. The molecular formula is C13H24N2O2. The van der Waals surface area contributed by atoms with Gasteiger partial charge in [-0.2, -0.15) is 10.3 Å². The van der Waals surface area contributed by atoms with Crippen LogP contribution in [0.15, 0.2) is 0 Å². The van der Waals surface area contributed by atoms with Crippen molar-refractivity contribution >= 4 is 0 Å². The van der Waals surface area contributed by atoms with Gasteiger partial charge in [0.15, 0.2) is 0 Å². The Kier molecular flexibility index (Phi) is 3.87. The predicted octanol–water partition coefficient (Wildman–Crippen LogP) is 2.24. The molecule has 0 aromatic carbocycles. The second kappa shape index (κ2) is 4.56. The highest BCUT2D eigenvalue weighted by atomic mass is 16.7. The average Bonchev–Trinajstić information content (AvgIpc) is 2.09. The Bertz CT molecular complexity index is 300. The van der Waals surface area contributed by atoms with E-state index in [0.717, 1.165) is 0 Å². The third-order valence-electron chi connectivity index (χ3n) is 3.29. The highest BCUT2D eigenvalue weighted by Crippen LogP contribution is 2.44. The van der Waals surface area contributed by atoms with E-state index in [-0.39, 0.29) is 17.5 Å². The molecule has 0 unspecified atom stereocenters. The van der Waals surface area contributed by atoms with Crippen molar-refractivity contribution < 1.29 is 9.94 Å². The van der Waals surface area contributed by atoms with Crippen molar-refractivity contribution in [3.05, 3.63) is 0 Å². The molecule has 0 atom stereocenters. The standard InChI is InChI=1S/C13H24N2O2/c1-6-17-15-11(2,3)9-13(16,7-8-14)10-12(15,4)5/h16H,6-7,9-10H2,1-5H3. The number of nitriles is 1. The fourth-order valence-electron chi connectivity index (χ4n) is 3.39.